The molecular formula is C13H20N2O3S. The van der Waals surface area contributed by atoms with E-state index >= 15 is 0 Å². The lowest BCUT2D eigenvalue weighted by Crippen LogP contribution is -2.27. The topological polar surface area (TPSA) is 67.4 Å². The van der Waals surface area contributed by atoms with Crippen molar-refractivity contribution >= 4 is 15.7 Å². The Morgan fingerprint density at radius 2 is 2.26 bits per heavy atom. The van der Waals surface area contributed by atoms with E-state index in [0.29, 0.717) is 24.7 Å². The van der Waals surface area contributed by atoms with Crippen LogP contribution in [0.2, 0.25) is 0 Å². The van der Waals surface area contributed by atoms with Gasteiger partial charge in [0.15, 0.2) is 0 Å². The van der Waals surface area contributed by atoms with Crippen LogP contribution in [0.15, 0.2) is 23.1 Å². The number of sulfonamides is 1. The molecule has 0 aliphatic carbocycles. The number of benzene rings is 1. The molecule has 0 atom stereocenters. The maximum Gasteiger partial charge on any atom is 0.240 e. The summed E-state index contributed by atoms with van der Waals surface area (Å²) in [7, 11) is -3.44. The van der Waals surface area contributed by atoms with Gasteiger partial charge in [-0.05, 0) is 37.5 Å². The molecule has 1 aromatic carbocycles. The zero-order chi connectivity index (χ0) is 13.7. The Hall–Kier alpha value is -1.11. The second-order valence-electron chi connectivity index (χ2n) is 4.44. The molecule has 0 amide bonds. The summed E-state index contributed by atoms with van der Waals surface area (Å²) in [5.41, 5.74) is 2.11. The van der Waals surface area contributed by atoms with E-state index in [1.54, 1.807) is 12.1 Å². The van der Waals surface area contributed by atoms with Gasteiger partial charge in [0.1, 0.15) is 0 Å². The predicted octanol–water partition coefficient (Wildman–Crippen LogP) is 1.36. The molecule has 2 rings (SSSR count). The molecule has 1 aliphatic heterocycles. The molecule has 0 spiro atoms. The van der Waals surface area contributed by atoms with Crippen LogP contribution >= 0.6 is 0 Å². The van der Waals surface area contributed by atoms with E-state index in [1.807, 2.05) is 13.0 Å². The van der Waals surface area contributed by atoms with Crippen LogP contribution in [0.3, 0.4) is 0 Å². The van der Waals surface area contributed by atoms with Crippen LogP contribution in [-0.4, -0.2) is 34.7 Å². The van der Waals surface area contributed by atoms with E-state index in [0.717, 1.165) is 25.1 Å². The molecular weight excluding hydrogens is 264 g/mol. The molecule has 6 heteroatoms. The summed E-state index contributed by atoms with van der Waals surface area (Å²) in [5.74, 6) is 0. The third kappa shape index (κ3) is 3.68. The van der Waals surface area contributed by atoms with Gasteiger partial charge < -0.3 is 10.1 Å². The van der Waals surface area contributed by atoms with Crippen LogP contribution in [0.25, 0.3) is 0 Å². The maximum atomic E-state index is 12.1. The molecule has 2 N–H and O–H groups in total. The smallest absolute Gasteiger partial charge is 0.240 e. The van der Waals surface area contributed by atoms with Crippen LogP contribution in [-0.2, 0) is 21.2 Å². The van der Waals surface area contributed by atoms with Gasteiger partial charge in [-0.1, -0.05) is 6.07 Å². The SMILES string of the molecule is CCOCCNS(=O)(=O)c1ccc2c(c1)NCCC2. The van der Waals surface area contributed by atoms with Crippen molar-refractivity contribution in [1.29, 1.82) is 0 Å². The summed E-state index contributed by atoms with van der Waals surface area (Å²) in [6.45, 7) is 4.04. The zero-order valence-corrected chi connectivity index (χ0v) is 11.9. The third-order valence-corrected chi connectivity index (χ3v) is 4.53. The summed E-state index contributed by atoms with van der Waals surface area (Å²) in [6.07, 6.45) is 2.09. The van der Waals surface area contributed by atoms with Crippen molar-refractivity contribution in [3.05, 3.63) is 23.8 Å². The Kier molecular flexibility index (Phi) is 4.79. The summed E-state index contributed by atoms with van der Waals surface area (Å²) in [6, 6.07) is 5.25. The molecule has 0 unspecified atom stereocenters. The number of hydrogen-bond acceptors (Lipinski definition) is 4. The number of fused-ring (bicyclic) bond motifs is 1. The van der Waals surface area contributed by atoms with Crippen LogP contribution in [0.5, 0.6) is 0 Å². The van der Waals surface area contributed by atoms with Crippen molar-refractivity contribution in [2.45, 2.75) is 24.7 Å². The summed E-state index contributed by atoms with van der Waals surface area (Å²) >= 11 is 0. The Balaban J connectivity index is 2.07. The van der Waals surface area contributed by atoms with Gasteiger partial charge in [-0.25, -0.2) is 13.1 Å². The van der Waals surface area contributed by atoms with Gasteiger partial charge in [0.25, 0.3) is 0 Å². The number of rotatable bonds is 6. The molecule has 0 bridgehead atoms. The quantitative estimate of drug-likeness (QED) is 0.774. The first-order valence-electron chi connectivity index (χ1n) is 6.57. The summed E-state index contributed by atoms with van der Waals surface area (Å²) in [5, 5.41) is 3.23. The molecule has 0 saturated heterocycles. The van der Waals surface area contributed by atoms with Crippen molar-refractivity contribution in [3.8, 4) is 0 Å². The maximum absolute atomic E-state index is 12.1. The highest BCUT2D eigenvalue weighted by molar-refractivity contribution is 7.89. The molecule has 0 fully saturated rings. The number of ether oxygens (including phenoxy) is 1. The fraction of sp³-hybridized carbons (Fsp3) is 0.538. The Morgan fingerprint density at radius 3 is 3.05 bits per heavy atom. The zero-order valence-electron chi connectivity index (χ0n) is 11.1. The van der Waals surface area contributed by atoms with Crippen LogP contribution in [0, 0.1) is 0 Å². The average molecular weight is 284 g/mol. The largest absolute Gasteiger partial charge is 0.385 e. The molecule has 106 valence electrons. The first kappa shape index (κ1) is 14.3. The number of nitrogens with one attached hydrogen (secondary N) is 2. The van der Waals surface area contributed by atoms with Gasteiger partial charge in [0, 0.05) is 25.4 Å². The van der Waals surface area contributed by atoms with E-state index in [9.17, 15) is 8.42 Å². The van der Waals surface area contributed by atoms with Crippen molar-refractivity contribution in [3.63, 3.8) is 0 Å². The molecule has 0 radical (unpaired) electrons. The van der Waals surface area contributed by atoms with Crippen molar-refractivity contribution < 1.29 is 13.2 Å². The minimum atomic E-state index is -3.44. The van der Waals surface area contributed by atoms with Gasteiger partial charge in [0.05, 0.1) is 11.5 Å². The Morgan fingerprint density at radius 1 is 1.42 bits per heavy atom. The van der Waals surface area contributed by atoms with E-state index in [1.165, 1.54) is 5.56 Å². The highest BCUT2D eigenvalue weighted by atomic mass is 32.2. The molecule has 1 heterocycles. The lowest BCUT2D eigenvalue weighted by atomic mass is 10.0. The molecule has 19 heavy (non-hydrogen) atoms. The first-order chi connectivity index (χ1) is 9.13. The van der Waals surface area contributed by atoms with Crippen LogP contribution in [0.1, 0.15) is 18.9 Å². The number of aryl methyl sites for hydroxylation is 1. The molecule has 1 aromatic rings. The lowest BCUT2D eigenvalue weighted by molar-refractivity contribution is 0.153. The fourth-order valence-corrected chi connectivity index (χ4v) is 3.12. The van der Waals surface area contributed by atoms with Gasteiger partial charge in [-0.15, -0.1) is 0 Å². The second kappa shape index (κ2) is 6.36. The molecule has 5 nitrogen and oxygen atoms in total. The van der Waals surface area contributed by atoms with Crippen molar-refractivity contribution in [2.24, 2.45) is 0 Å². The van der Waals surface area contributed by atoms with Gasteiger partial charge in [-0.3, -0.25) is 0 Å². The van der Waals surface area contributed by atoms with Gasteiger partial charge in [-0.2, -0.15) is 0 Å². The molecule has 0 aromatic heterocycles. The number of hydrogen-bond donors (Lipinski definition) is 2. The highest BCUT2D eigenvalue weighted by Gasteiger charge is 2.16. The number of anilines is 1. The van der Waals surface area contributed by atoms with Crippen LogP contribution < -0.4 is 10.0 Å². The average Bonchev–Trinajstić information content (AvgIpc) is 2.43. The second-order valence-corrected chi connectivity index (χ2v) is 6.21. The normalized spacial score (nSPS) is 14.8. The van der Waals surface area contributed by atoms with Crippen molar-refractivity contribution in [1.82, 2.24) is 4.72 Å². The third-order valence-electron chi connectivity index (χ3n) is 3.07. The first-order valence-corrected chi connectivity index (χ1v) is 8.06. The van der Waals surface area contributed by atoms with E-state index in [-0.39, 0.29) is 0 Å². The summed E-state index contributed by atoms with van der Waals surface area (Å²) < 4.78 is 31.8. The Labute approximate surface area is 114 Å². The molecule has 0 saturated carbocycles. The minimum absolute atomic E-state index is 0.292. The Bertz CT molecular complexity index is 529. The molecule has 1 aliphatic rings. The van der Waals surface area contributed by atoms with E-state index in [4.69, 9.17) is 4.74 Å². The standard InChI is InChI=1S/C13H20N2O3S/c1-2-18-9-8-15-19(16,17)12-6-5-11-4-3-7-14-13(11)10-12/h5-6,10,14-15H,2-4,7-9H2,1H3. The lowest BCUT2D eigenvalue weighted by Gasteiger charge is -2.18. The minimum Gasteiger partial charge on any atom is -0.385 e. The fourth-order valence-electron chi connectivity index (χ4n) is 2.08. The van der Waals surface area contributed by atoms with Gasteiger partial charge >= 0.3 is 0 Å². The van der Waals surface area contributed by atoms with E-state index < -0.39 is 10.0 Å². The monoisotopic (exact) mass is 284 g/mol. The van der Waals surface area contributed by atoms with Gasteiger partial charge in [0.2, 0.25) is 10.0 Å². The van der Waals surface area contributed by atoms with E-state index in [2.05, 4.69) is 10.0 Å². The summed E-state index contributed by atoms with van der Waals surface area (Å²) in [4.78, 5) is 0.303. The van der Waals surface area contributed by atoms with Crippen molar-refractivity contribution in [2.75, 3.05) is 31.6 Å². The highest BCUT2D eigenvalue weighted by Crippen LogP contribution is 2.24. The predicted molar refractivity (Wildman–Crippen MR) is 74.9 cm³/mol. The van der Waals surface area contributed by atoms with Crippen LogP contribution in [0.4, 0.5) is 5.69 Å².